The molecule has 1 amide bonds. The molecule has 0 spiro atoms. The summed E-state index contributed by atoms with van der Waals surface area (Å²) in [5.41, 5.74) is 1.15. The molecule has 1 rings (SSSR count). The summed E-state index contributed by atoms with van der Waals surface area (Å²) >= 11 is 0. The molecule has 1 atom stereocenters. The lowest BCUT2D eigenvalue weighted by atomic mass is 10.2. The van der Waals surface area contributed by atoms with Crippen LogP contribution in [0.2, 0.25) is 0 Å². The van der Waals surface area contributed by atoms with E-state index in [1.165, 1.54) is 0 Å². The minimum atomic E-state index is -0.489. The van der Waals surface area contributed by atoms with Crippen LogP contribution in [0.15, 0.2) is 24.3 Å². The van der Waals surface area contributed by atoms with Crippen molar-refractivity contribution < 1.29 is 9.53 Å². The minimum absolute atomic E-state index is 0.0746. The highest BCUT2D eigenvalue weighted by Crippen LogP contribution is 2.15. The highest BCUT2D eigenvalue weighted by Gasteiger charge is 2.14. The Bertz CT molecular complexity index is 444. The van der Waals surface area contributed by atoms with E-state index in [4.69, 9.17) is 4.74 Å². The first-order chi connectivity index (χ1) is 9.88. The summed E-state index contributed by atoms with van der Waals surface area (Å²) in [5, 5.41) is 6.24. The zero-order valence-corrected chi connectivity index (χ0v) is 13.8. The fraction of sp³-hybridized carbons (Fsp3) is 0.588. The van der Waals surface area contributed by atoms with Crippen molar-refractivity contribution >= 4 is 5.91 Å². The Labute approximate surface area is 128 Å². The van der Waals surface area contributed by atoms with Crippen molar-refractivity contribution in [3.63, 3.8) is 0 Å². The van der Waals surface area contributed by atoms with Gasteiger partial charge in [0.25, 0.3) is 5.91 Å². The van der Waals surface area contributed by atoms with Crippen LogP contribution in [-0.4, -0.2) is 24.6 Å². The number of carbonyl (C=O) groups excluding carboxylic acids is 1. The van der Waals surface area contributed by atoms with Crippen molar-refractivity contribution in [3.05, 3.63) is 29.8 Å². The Morgan fingerprint density at radius 2 is 1.90 bits per heavy atom. The van der Waals surface area contributed by atoms with Gasteiger partial charge in [0.15, 0.2) is 6.10 Å². The maximum Gasteiger partial charge on any atom is 0.260 e. The summed E-state index contributed by atoms with van der Waals surface area (Å²) in [6.45, 7) is 11.6. The van der Waals surface area contributed by atoms with Crippen molar-refractivity contribution in [1.29, 1.82) is 0 Å². The number of amides is 1. The van der Waals surface area contributed by atoms with Gasteiger partial charge in [0.1, 0.15) is 5.75 Å². The van der Waals surface area contributed by atoms with Gasteiger partial charge in [-0.25, -0.2) is 0 Å². The molecule has 0 bridgehead atoms. The summed E-state index contributed by atoms with van der Waals surface area (Å²) in [6, 6.07) is 8.29. The molecule has 0 saturated carbocycles. The zero-order valence-electron chi connectivity index (χ0n) is 13.8. The van der Waals surface area contributed by atoms with E-state index in [1.807, 2.05) is 24.3 Å². The third-order valence-electron chi connectivity index (χ3n) is 2.98. The molecule has 0 aliphatic heterocycles. The van der Waals surface area contributed by atoms with Crippen LogP contribution in [0.4, 0.5) is 0 Å². The number of hydrogen-bond donors (Lipinski definition) is 2. The summed E-state index contributed by atoms with van der Waals surface area (Å²) in [6.07, 6.45) is -0.489. The molecule has 0 heterocycles. The first-order valence-corrected chi connectivity index (χ1v) is 7.65. The molecule has 0 radical (unpaired) electrons. The molecule has 0 aliphatic carbocycles. The SMILES string of the molecule is CC(C)CNC(=O)C(C)Oc1cccc(CNC(C)C)c1. The van der Waals surface area contributed by atoms with Crippen LogP contribution in [0.3, 0.4) is 0 Å². The third kappa shape index (κ3) is 7.14. The van der Waals surface area contributed by atoms with Crippen LogP contribution >= 0.6 is 0 Å². The molecule has 118 valence electrons. The van der Waals surface area contributed by atoms with E-state index in [2.05, 4.69) is 38.3 Å². The van der Waals surface area contributed by atoms with Gasteiger partial charge in [0.05, 0.1) is 0 Å². The third-order valence-corrected chi connectivity index (χ3v) is 2.98. The molecule has 0 fully saturated rings. The van der Waals surface area contributed by atoms with E-state index in [-0.39, 0.29) is 5.91 Å². The van der Waals surface area contributed by atoms with E-state index < -0.39 is 6.10 Å². The van der Waals surface area contributed by atoms with Crippen LogP contribution in [0.1, 0.15) is 40.2 Å². The standard InChI is InChI=1S/C17H28N2O2/c1-12(2)10-19-17(20)14(5)21-16-8-6-7-15(9-16)11-18-13(3)4/h6-9,12-14,18H,10-11H2,1-5H3,(H,19,20). The van der Waals surface area contributed by atoms with Gasteiger partial charge in [-0.3, -0.25) is 4.79 Å². The van der Waals surface area contributed by atoms with Crippen molar-refractivity contribution in [1.82, 2.24) is 10.6 Å². The Balaban J connectivity index is 2.53. The van der Waals surface area contributed by atoms with Crippen LogP contribution < -0.4 is 15.4 Å². The lowest BCUT2D eigenvalue weighted by Crippen LogP contribution is -2.38. The van der Waals surface area contributed by atoms with Gasteiger partial charge >= 0.3 is 0 Å². The number of ether oxygens (including phenoxy) is 1. The Morgan fingerprint density at radius 3 is 2.52 bits per heavy atom. The lowest BCUT2D eigenvalue weighted by Gasteiger charge is -2.16. The molecular weight excluding hydrogens is 264 g/mol. The average molecular weight is 292 g/mol. The first-order valence-electron chi connectivity index (χ1n) is 7.65. The quantitative estimate of drug-likeness (QED) is 0.774. The van der Waals surface area contributed by atoms with Gasteiger partial charge in [0, 0.05) is 19.1 Å². The maximum absolute atomic E-state index is 11.9. The first kappa shape index (κ1) is 17.5. The molecule has 4 nitrogen and oxygen atoms in total. The minimum Gasteiger partial charge on any atom is -0.481 e. The van der Waals surface area contributed by atoms with Crippen LogP contribution in [0.5, 0.6) is 5.75 Å². The van der Waals surface area contributed by atoms with Gasteiger partial charge in [-0.05, 0) is 30.5 Å². The second kappa shape index (κ2) is 8.67. The van der Waals surface area contributed by atoms with Gasteiger partial charge in [0.2, 0.25) is 0 Å². The molecule has 4 heteroatoms. The van der Waals surface area contributed by atoms with Crippen molar-refractivity contribution in [2.24, 2.45) is 5.92 Å². The van der Waals surface area contributed by atoms with Crippen molar-refractivity contribution in [3.8, 4) is 5.75 Å². The van der Waals surface area contributed by atoms with E-state index >= 15 is 0 Å². The summed E-state index contributed by atoms with van der Waals surface area (Å²) < 4.78 is 5.72. The fourth-order valence-electron chi connectivity index (χ4n) is 1.76. The smallest absolute Gasteiger partial charge is 0.260 e. The second-order valence-electron chi connectivity index (χ2n) is 6.08. The Hall–Kier alpha value is -1.55. The van der Waals surface area contributed by atoms with Gasteiger partial charge in [-0.15, -0.1) is 0 Å². The molecular formula is C17H28N2O2. The molecule has 0 aromatic heterocycles. The lowest BCUT2D eigenvalue weighted by molar-refractivity contribution is -0.127. The predicted octanol–water partition coefficient (Wildman–Crippen LogP) is 2.72. The maximum atomic E-state index is 11.9. The van der Waals surface area contributed by atoms with E-state index in [9.17, 15) is 4.79 Å². The summed E-state index contributed by atoms with van der Waals surface area (Å²) in [4.78, 5) is 11.9. The molecule has 1 aromatic carbocycles. The van der Waals surface area contributed by atoms with Crippen LogP contribution in [0.25, 0.3) is 0 Å². The van der Waals surface area contributed by atoms with E-state index in [1.54, 1.807) is 6.92 Å². The molecule has 2 N–H and O–H groups in total. The molecule has 21 heavy (non-hydrogen) atoms. The predicted molar refractivity (Wildman–Crippen MR) is 86.4 cm³/mol. The van der Waals surface area contributed by atoms with Gasteiger partial charge < -0.3 is 15.4 Å². The molecule has 0 saturated heterocycles. The fourth-order valence-corrected chi connectivity index (χ4v) is 1.76. The Morgan fingerprint density at radius 1 is 1.19 bits per heavy atom. The molecule has 0 aliphatic rings. The molecule has 1 unspecified atom stereocenters. The highest BCUT2D eigenvalue weighted by molar-refractivity contribution is 5.80. The molecule has 1 aromatic rings. The zero-order chi connectivity index (χ0) is 15.8. The topological polar surface area (TPSA) is 50.4 Å². The number of carbonyl (C=O) groups is 1. The van der Waals surface area contributed by atoms with Crippen LogP contribution in [0, 0.1) is 5.92 Å². The summed E-state index contributed by atoms with van der Waals surface area (Å²) in [7, 11) is 0. The Kier molecular flexibility index (Phi) is 7.23. The number of hydrogen-bond acceptors (Lipinski definition) is 3. The van der Waals surface area contributed by atoms with Crippen LogP contribution in [-0.2, 0) is 11.3 Å². The van der Waals surface area contributed by atoms with Crippen molar-refractivity contribution in [2.75, 3.05) is 6.54 Å². The normalized spacial score (nSPS) is 12.5. The van der Waals surface area contributed by atoms with Gasteiger partial charge in [-0.1, -0.05) is 39.8 Å². The number of nitrogens with one attached hydrogen (secondary N) is 2. The monoisotopic (exact) mass is 292 g/mol. The second-order valence-corrected chi connectivity index (χ2v) is 6.08. The van der Waals surface area contributed by atoms with E-state index in [0.29, 0.717) is 18.5 Å². The average Bonchev–Trinajstić information content (AvgIpc) is 2.42. The number of benzene rings is 1. The van der Waals surface area contributed by atoms with Gasteiger partial charge in [-0.2, -0.15) is 0 Å². The number of rotatable bonds is 8. The summed E-state index contributed by atoms with van der Waals surface area (Å²) in [5.74, 6) is 1.09. The largest absolute Gasteiger partial charge is 0.481 e. The van der Waals surface area contributed by atoms with Crippen molar-refractivity contribution in [2.45, 2.75) is 53.3 Å². The highest BCUT2D eigenvalue weighted by atomic mass is 16.5. The van der Waals surface area contributed by atoms with E-state index in [0.717, 1.165) is 17.9 Å².